The highest BCUT2D eigenvalue weighted by Gasteiger charge is 2.39. The molecule has 0 aromatic carbocycles. The molecular weight excluding hydrogens is 221 g/mol. The Bertz CT molecular complexity index is 219. The molecule has 2 atom stereocenters. The van der Waals surface area contributed by atoms with Crippen LogP contribution in [0.2, 0.25) is 0 Å². The van der Waals surface area contributed by atoms with Crippen molar-refractivity contribution in [3.05, 3.63) is 0 Å². The minimum atomic E-state index is -4.47. The van der Waals surface area contributed by atoms with E-state index < -0.39 is 12.1 Å². The smallest absolute Gasteiger partial charge is 0.383 e. The van der Waals surface area contributed by atoms with E-state index >= 15 is 0 Å². The van der Waals surface area contributed by atoms with Gasteiger partial charge in [-0.25, -0.2) is 0 Å². The average molecular weight is 238 g/mol. The average Bonchev–Trinajstić information content (AvgIpc) is 2.17. The minimum absolute atomic E-state index is 0.131. The number of nitriles is 1. The summed E-state index contributed by atoms with van der Waals surface area (Å²) in [7, 11) is 1.50. The second kappa shape index (κ2) is 7.47. The zero-order valence-corrected chi connectivity index (χ0v) is 9.47. The summed E-state index contributed by atoms with van der Waals surface area (Å²) in [5.74, 6) is -1.95. The van der Waals surface area contributed by atoms with Gasteiger partial charge in [-0.05, 0) is 6.42 Å². The Balaban J connectivity index is 4.12. The van der Waals surface area contributed by atoms with Crippen LogP contribution < -0.4 is 5.32 Å². The van der Waals surface area contributed by atoms with Gasteiger partial charge in [0.15, 0.2) is 5.92 Å². The molecule has 0 aromatic rings. The van der Waals surface area contributed by atoms with Gasteiger partial charge >= 0.3 is 6.18 Å². The third-order valence-electron chi connectivity index (χ3n) is 2.17. The zero-order chi connectivity index (χ0) is 12.6. The first kappa shape index (κ1) is 15.2. The molecule has 2 unspecified atom stereocenters. The largest absolute Gasteiger partial charge is 0.405 e. The summed E-state index contributed by atoms with van der Waals surface area (Å²) in [5.41, 5.74) is 0. The molecule has 0 aromatic heterocycles. The molecule has 3 nitrogen and oxygen atoms in total. The molecule has 0 fully saturated rings. The van der Waals surface area contributed by atoms with Crippen molar-refractivity contribution in [2.24, 2.45) is 5.92 Å². The van der Waals surface area contributed by atoms with Gasteiger partial charge in [-0.2, -0.15) is 18.4 Å². The Morgan fingerprint density at radius 1 is 1.44 bits per heavy atom. The summed E-state index contributed by atoms with van der Waals surface area (Å²) in [6.45, 7) is 1.91. The molecule has 0 rings (SSSR count). The first-order chi connectivity index (χ1) is 7.45. The Hall–Kier alpha value is -0.800. The van der Waals surface area contributed by atoms with Crippen LogP contribution in [0.4, 0.5) is 13.2 Å². The van der Waals surface area contributed by atoms with E-state index in [4.69, 9.17) is 10.00 Å². The summed E-state index contributed by atoms with van der Waals surface area (Å²) in [5, 5.41) is 11.1. The van der Waals surface area contributed by atoms with Crippen molar-refractivity contribution in [3.8, 4) is 6.07 Å². The van der Waals surface area contributed by atoms with Gasteiger partial charge in [-0.3, -0.25) is 0 Å². The topological polar surface area (TPSA) is 45.0 Å². The molecule has 0 saturated carbocycles. The van der Waals surface area contributed by atoms with Crippen LogP contribution >= 0.6 is 0 Å². The molecule has 0 amide bonds. The molecule has 0 radical (unpaired) electrons. The lowest BCUT2D eigenvalue weighted by atomic mass is 10.1. The third-order valence-corrected chi connectivity index (χ3v) is 2.17. The molecule has 1 N–H and O–H groups in total. The van der Waals surface area contributed by atoms with E-state index in [1.54, 1.807) is 0 Å². The van der Waals surface area contributed by atoms with Gasteiger partial charge in [0.1, 0.15) is 0 Å². The molecule has 94 valence electrons. The van der Waals surface area contributed by atoms with Gasteiger partial charge in [-0.1, -0.05) is 13.3 Å². The first-order valence-corrected chi connectivity index (χ1v) is 5.14. The lowest BCUT2D eigenvalue weighted by Crippen LogP contribution is -2.40. The van der Waals surface area contributed by atoms with E-state index in [-0.39, 0.29) is 12.6 Å². The second-order valence-corrected chi connectivity index (χ2v) is 3.57. The number of rotatable bonds is 7. The normalized spacial score (nSPS) is 15.5. The molecule has 6 heteroatoms. The van der Waals surface area contributed by atoms with Crippen molar-refractivity contribution in [1.82, 2.24) is 5.32 Å². The van der Waals surface area contributed by atoms with Gasteiger partial charge in [0.25, 0.3) is 0 Å². The molecule has 0 aliphatic rings. The monoisotopic (exact) mass is 238 g/mol. The number of alkyl halides is 3. The Morgan fingerprint density at radius 2 is 2.06 bits per heavy atom. The van der Waals surface area contributed by atoms with Crippen LogP contribution in [-0.2, 0) is 4.74 Å². The predicted octanol–water partition coefficient (Wildman–Crippen LogP) is 2.09. The lowest BCUT2D eigenvalue weighted by molar-refractivity contribution is -0.158. The van der Waals surface area contributed by atoms with Crippen molar-refractivity contribution in [1.29, 1.82) is 5.26 Å². The van der Waals surface area contributed by atoms with E-state index in [0.717, 1.165) is 12.8 Å². The van der Waals surface area contributed by atoms with Crippen molar-refractivity contribution in [2.45, 2.75) is 32.0 Å². The van der Waals surface area contributed by atoms with E-state index in [0.29, 0.717) is 6.61 Å². The van der Waals surface area contributed by atoms with Crippen LogP contribution in [0.15, 0.2) is 0 Å². The van der Waals surface area contributed by atoms with Crippen molar-refractivity contribution in [3.63, 3.8) is 0 Å². The highest BCUT2D eigenvalue weighted by molar-refractivity contribution is 4.90. The van der Waals surface area contributed by atoms with Crippen molar-refractivity contribution in [2.75, 3.05) is 20.3 Å². The van der Waals surface area contributed by atoms with E-state index in [9.17, 15) is 13.2 Å². The highest BCUT2D eigenvalue weighted by Crippen LogP contribution is 2.25. The Labute approximate surface area is 93.6 Å². The lowest BCUT2D eigenvalue weighted by Gasteiger charge is -2.20. The summed E-state index contributed by atoms with van der Waals surface area (Å²) in [6, 6.07) is 1.12. The maximum atomic E-state index is 12.2. The van der Waals surface area contributed by atoms with E-state index in [2.05, 4.69) is 5.32 Å². The van der Waals surface area contributed by atoms with Gasteiger partial charge in [0, 0.05) is 19.7 Å². The van der Waals surface area contributed by atoms with E-state index in [1.807, 2.05) is 6.92 Å². The number of hydrogen-bond donors (Lipinski definition) is 1. The van der Waals surface area contributed by atoms with Crippen LogP contribution in [0.25, 0.3) is 0 Å². The summed E-state index contributed by atoms with van der Waals surface area (Å²) in [4.78, 5) is 0. The molecule has 0 aliphatic carbocycles. The van der Waals surface area contributed by atoms with E-state index in [1.165, 1.54) is 13.2 Å². The fourth-order valence-electron chi connectivity index (χ4n) is 1.31. The minimum Gasteiger partial charge on any atom is -0.383 e. The quantitative estimate of drug-likeness (QED) is 0.738. The Kier molecular flexibility index (Phi) is 7.10. The van der Waals surface area contributed by atoms with Crippen LogP contribution in [0.5, 0.6) is 0 Å². The molecule has 0 heterocycles. The number of methoxy groups -OCH3 is 1. The maximum absolute atomic E-state index is 12.2. The maximum Gasteiger partial charge on any atom is 0.405 e. The molecule has 16 heavy (non-hydrogen) atoms. The van der Waals surface area contributed by atoms with Crippen molar-refractivity contribution >= 4 is 0 Å². The summed E-state index contributed by atoms with van der Waals surface area (Å²) in [6.07, 6.45) is -2.89. The molecule has 0 spiro atoms. The number of nitrogens with zero attached hydrogens (tertiary/aromatic N) is 1. The fraction of sp³-hybridized carbons (Fsp3) is 0.900. The predicted molar refractivity (Wildman–Crippen MR) is 53.7 cm³/mol. The number of ether oxygens (including phenoxy) is 1. The number of nitrogens with one attached hydrogen (secondary N) is 1. The van der Waals surface area contributed by atoms with Gasteiger partial charge in [0.2, 0.25) is 0 Å². The molecule has 0 aliphatic heterocycles. The number of halogens is 3. The first-order valence-electron chi connectivity index (χ1n) is 5.14. The summed E-state index contributed by atoms with van der Waals surface area (Å²) < 4.78 is 41.6. The van der Waals surface area contributed by atoms with Crippen LogP contribution in [-0.4, -0.2) is 32.5 Å². The SMILES string of the molecule is CCCC(COC)NCC(C#N)C(F)(F)F. The number of hydrogen-bond acceptors (Lipinski definition) is 3. The Morgan fingerprint density at radius 3 is 2.44 bits per heavy atom. The van der Waals surface area contributed by atoms with Crippen LogP contribution in [0, 0.1) is 17.2 Å². The van der Waals surface area contributed by atoms with Crippen LogP contribution in [0.3, 0.4) is 0 Å². The highest BCUT2D eigenvalue weighted by atomic mass is 19.4. The van der Waals surface area contributed by atoms with Gasteiger partial charge < -0.3 is 10.1 Å². The van der Waals surface area contributed by atoms with Crippen LogP contribution in [0.1, 0.15) is 19.8 Å². The molecule has 0 saturated heterocycles. The molecular formula is C10H17F3N2O. The second-order valence-electron chi connectivity index (χ2n) is 3.57. The summed E-state index contributed by atoms with van der Waals surface area (Å²) >= 11 is 0. The van der Waals surface area contributed by atoms with Gasteiger partial charge in [-0.15, -0.1) is 0 Å². The standard InChI is InChI=1S/C10H17F3N2O/c1-3-4-9(7-16-2)15-6-8(5-14)10(11,12)13/h8-9,15H,3-4,6-7H2,1-2H3. The molecule has 0 bridgehead atoms. The third kappa shape index (κ3) is 5.93. The fourth-order valence-corrected chi connectivity index (χ4v) is 1.31. The van der Waals surface area contributed by atoms with Crippen molar-refractivity contribution < 1.29 is 17.9 Å². The zero-order valence-electron chi connectivity index (χ0n) is 9.47. The van der Waals surface area contributed by atoms with Gasteiger partial charge in [0.05, 0.1) is 12.7 Å².